The average molecular weight is 329 g/mol. The molecule has 3 rings (SSSR count). The quantitative estimate of drug-likeness (QED) is 0.795. The Morgan fingerprint density at radius 3 is 2.81 bits per heavy atom. The summed E-state index contributed by atoms with van der Waals surface area (Å²) in [6.45, 7) is 4.06. The number of carbonyl (C=O) groups excluding carboxylic acids is 1. The molecule has 1 unspecified atom stereocenters. The highest BCUT2D eigenvalue weighted by Gasteiger charge is 2.35. The molecule has 114 valence electrons. The van der Waals surface area contributed by atoms with Crippen LogP contribution in [-0.2, 0) is 9.84 Å². The van der Waals surface area contributed by atoms with Gasteiger partial charge in [0.2, 0.25) is 9.97 Å². The van der Waals surface area contributed by atoms with E-state index in [2.05, 4.69) is 15.3 Å². The van der Waals surface area contributed by atoms with Crippen molar-refractivity contribution in [1.82, 2.24) is 24.7 Å². The second-order valence-electron chi connectivity index (χ2n) is 5.00. The molecule has 0 bridgehead atoms. The largest absolute Gasteiger partial charge is 0.333 e. The third kappa shape index (κ3) is 2.53. The molecular formula is C11H15N5O3S2. The van der Waals surface area contributed by atoms with Gasteiger partial charge in [-0.2, -0.15) is 4.52 Å². The minimum Gasteiger partial charge on any atom is -0.333 e. The Labute approximate surface area is 125 Å². The second-order valence-corrected chi connectivity index (χ2v) is 8.18. The van der Waals surface area contributed by atoms with Gasteiger partial charge in [-0.25, -0.2) is 8.42 Å². The number of fused-ring (bicyclic) bond motifs is 1. The van der Waals surface area contributed by atoms with Crippen LogP contribution in [0.4, 0.5) is 0 Å². The Balaban J connectivity index is 1.88. The summed E-state index contributed by atoms with van der Waals surface area (Å²) in [5.41, 5.74) is 0. The first-order valence-corrected chi connectivity index (χ1v) is 9.25. The molecule has 1 aliphatic heterocycles. The lowest BCUT2D eigenvalue weighted by Crippen LogP contribution is -2.41. The van der Waals surface area contributed by atoms with Crippen molar-refractivity contribution in [3.8, 4) is 0 Å². The second kappa shape index (κ2) is 5.02. The van der Waals surface area contributed by atoms with Crippen LogP contribution in [0, 0.1) is 6.92 Å². The van der Waals surface area contributed by atoms with Crippen LogP contribution >= 0.6 is 11.3 Å². The molecule has 0 radical (unpaired) electrons. The van der Waals surface area contributed by atoms with E-state index in [1.807, 2.05) is 6.92 Å². The Morgan fingerprint density at radius 2 is 2.24 bits per heavy atom. The molecule has 1 amide bonds. The number of sulfone groups is 1. The van der Waals surface area contributed by atoms with Gasteiger partial charge in [-0.15, -0.1) is 15.3 Å². The van der Waals surface area contributed by atoms with Crippen molar-refractivity contribution in [2.75, 3.05) is 18.1 Å². The first kappa shape index (κ1) is 14.4. The van der Waals surface area contributed by atoms with E-state index in [9.17, 15) is 13.2 Å². The molecule has 0 aliphatic carbocycles. The van der Waals surface area contributed by atoms with Crippen molar-refractivity contribution < 1.29 is 13.2 Å². The van der Waals surface area contributed by atoms with E-state index in [0.717, 1.165) is 0 Å². The SMILES string of the molecule is CCN(C(=O)c1nn2c(C)nnc2s1)C1CCS(=O)(=O)C1. The van der Waals surface area contributed by atoms with Crippen molar-refractivity contribution in [2.45, 2.75) is 26.3 Å². The Hall–Kier alpha value is -1.55. The van der Waals surface area contributed by atoms with Crippen LogP contribution in [0.5, 0.6) is 0 Å². The van der Waals surface area contributed by atoms with Gasteiger partial charge >= 0.3 is 0 Å². The maximum absolute atomic E-state index is 12.6. The van der Waals surface area contributed by atoms with E-state index >= 15 is 0 Å². The van der Waals surface area contributed by atoms with Crippen LogP contribution in [0.2, 0.25) is 0 Å². The monoisotopic (exact) mass is 329 g/mol. The molecule has 3 heterocycles. The zero-order valence-electron chi connectivity index (χ0n) is 11.7. The lowest BCUT2D eigenvalue weighted by atomic mass is 10.2. The van der Waals surface area contributed by atoms with Gasteiger partial charge in [0, 0.05) is 12.6 Å². The van der Waals surface area contributed by atoms with Crippen LogP contribution in [0.15, 0.2) is 0 Å². The van der Waals surface area contributed by atoms with E-state index in [1.54, 1.807) is 11.8 Å². The molecule has 21 heavy (non-hydrogen) atoms. The molecule has 0 N–H and O–H groups in total. The smallest absolute Gasteiger partial charge is 0.285 e. The summed E-state index contributed by atoms with van der Waals surface area (Å²) in [4.78, 5) is 14.7. The standard InChI is InChI=1S/C11H15N5O3S2/c1-3-15(8-4-5-21(18,19)6-8)10(17)9-14-16-7(2)12-13-11(16)20-9/h8H,3-6H2,1-2H3. The van der Waals surface area contributed by atoms with Crippen molar-refractivity contribution in [1.29, 1.82) is 0 Å². The molecule has 1 aliphatic rings. The van der Waals surface area contributed by atoms with Crippen LogP contribution in [0.25, 0.3) is 4.96 Å². The topological polar surface area (TPSA) is 97.5 Å². The summed E-state index contributed by atoms with van der Waals surface area (Å²) in [6, 6.07) is -0.261. The molecule has 1 fully saturated rings. The van der Waals surface area contributed by atoms with Crippen molar-refractivity contribution >= 4 is 32.0 Å². The lowest BCUT2D eigenvalue weighted by molar-refractivity contribution is 0.0706. The summed E-state index contributed by atoms with van der Waals surface area (Å²) in [5, 5.41) is 12.3. The van der Waals surface area contributed by atoms with E-state index in [-0.39, 0.29) is 23.5 Å². The number of amides is 1. The van der Waals surface area contributed by atoms with Gasteiger partial charge < -0.3 is 4.90 Å². The summed E-state index contributed by atoms with van der Waals surface area (Å²) < 4.78 is 24.7. The fourth-order valence-electron chi connectivity index (χ4n) is 2.51. The Kier molecular flexibility index (Phi) is 3.44. The van der Waals surface area contributed by atoms with Crippen molar-refractivity contribution in [2.24, 2.45) is 0 Å². The number of nitrogens with zero attached hydrogens (tertiary/aromatic N) is 5. The maximum Gasteiger partial charge on any atom is 0.285 e. The zero-order chi connectivity index (χ0) is 15.2. The Morgan fingerprint density at radius 1 is 1.48 bits per heavy atom. The van der Waals surface area contributed by atoms with Crippen molar-refractivity contribution in [3.05, 3.63) is 10.8 Å². The molecule has 1 atom stereocenters. The summed E-state index contributed by atoms with van der Waals surface area (Å²) >= 11 is 1.17. The minimum absolute atomic E-state index is 0.0374. The van der Waals surface area contributed by atoms with Gasteiger partial charge in [0.05, 0.1) is 11.5 Å². The maximum atomic E-state index is 12.6. The molecule has 10 heteroatoms. The molecular weight excluding hydrogens is 314 g/mol. The highest BCUT2D eigenvalue weighted by Crippen LogP contribution is 2.22. The van der Waals surface area contributed by atoms with Crippen LogP contribution in [0.1, 0.15) is 29.0 Å². The fraction of sp³-hybridized carbons (Fsp3) is 0.636. The number of aryl methyl sites for hydroxylation is 1. The normalized spacial score (nSPS) is 21.0. The number of hydrogen-bond donors (Lipinski definition) is 0. The van der Waals surface area contributed by atoms with Crippen LogP contribution < -0.4 is 0 Å². The molecule has 8 nitrogen and oxygen atoms in total. The van der Waals surface area contributed by atoms with Gasteiger partial charge in [0.25, 0.3) is 5.91 Å². The van der Waals surface area contributed by atoms with Crippen LogP contribution in [-0.4, -0.2) is 63.1 Å². The number of aromatic nitrogens is 4. The first-order chi connectivity index (χ1) is 9.91. The number of rotatable bonds is 3. The molecule has 1 saturated heterocycles. The molecule has 0 saturated carbocycles. The summed E-state index contributed by atoms with van der Waals surface area (Å²) in [7, 11) is -3.03. The minimum atomic E-state index is -3.03. The van der Waals surface area contributed by atoms with Gasteiger partial charge in [-0.1, -0.05) is 11.3 Å². The van der Waals surface area contributed by atoms with E-state index < -0.39 is 9.84 Å². The highest BCUT2D eigenvalue weighted by atomic mass is 32.2. The van der Waals surface area contributed by atoms with Gasteiger partial charge in [-0.3, -0.25) is 4.79 Å². The third-order valence-electron chi connectivity index (χ3n) is 3.58. The van der Waals surface area contributed by atoms with Gasteiger partial charge in [0.15, 0.2) is 15.7 Å². The summed E-state index contributed by atoms with van der Waals surface area (Å²) in [6.07, 6.45) is 0.491. The zero-order valence-corrected chi connectivity index (χ0v) is 13.3. The predicted molar refractivity (Wildman–Crippen MR) is 77.2 cm³/mol. The van der Waals surface area contributed by atoms with Gasteiger partial charge in [-0.05, 0) is 20.3 Å². The fourth-order valence-corrected chi connectivity index (χ4v) is 5.08. The summed E-state index contributed by atoms with van der Waals surface area (Å²) in [5.74, 6) is 0.558. The van der Waals surface area contributed by atoms with Gasteiger partial charge in [0.1, 0.15) is 0 Å². The predicted octanol–water partition coefficient (Wildman–Crippen LogP) is 0.143. The van der Waals surface area contributed by atoms with Crippen molar-refractivity contribution in [3.63, 3.8) is 0 Å². The molecule has 0 aromatic carbocycles. The lowest BCUT2D eigenvalue weighted by Gasteiger charge is -2.25. The van der Waals surface area contributed by atoms with E-state index in [1.165, 1.54) is 15.9 Å². The number of carbonyl (C=O) groups is 1. The average Bonchev–Trinajstić information content (AvgIpc) is 3.08. The highest BCUT2D eigenvalue weighted by molar-refractivity contribution is 7.91. The number of hydrogen-bond acceptors (Lipinski definition) is 7. The van der Waals surface area contributed by atoms with E-state index in [4.69, 9.17) is 0 Å². The van der Waals surface area contributed by atoms with Crippen LogP contribution in [0.3, 0.4) is 0 Å². The molecule has 2 aromatic heterocycles. The molecule has 0 spiro atoms. The third-order valence-corrected chi connectivity index (χ3v) is 6.22. The first-order valence-electron chi connectivity index (χ1n) is 6.61. The van der Waals surface area contributed by atoms with E-state index in [0.29, 0.717) is 28.8 Å². The molecule has 2 aromatic rings. The Bertz CT molecular complexity index is 794.